The van der Waals surface area contributed by atoms with Gasteiger partial charge in [-0.05, 0) is 63.5 Å². The van der Waals surface area contributed by atoms with Crippen LogP contribution in [0.25, 0.3) is 0 Å². The molecule has 29 heavy (non-hydrogen) atoms. The van der Waals surface area contributed by atoms with Gasteiger partial charge < -0.3 is 4.74 Å². The summed E-state index contributed by atoms with van der Waals surface area (Å²) in [5.74, 6) is 3.83. The highest BCUT2D eigenvalue weighted by atomic mass is 32.2. The first kappa shape index (κ1) is 22.7. The fourth-order valence-corrected chi connectivity index (χ4v) is 8.29. The molecule has 1 aromatic carbocycles. The van der Waals surface area contributed by atoms with Crippen LogP contribution in [0.15, 0.2) is 29.2 Å². The Labute approximate surface area is 181 Å². The second-order valence-corrected chi connectivity index (χ2v) is 12.1. The lowest BCUT2D eigenvalue weighted by atomic mass is 9.68. The quantitative estimate of drug-likeness (QED) is 0.347. The molecule has 0 N–H and O–H groups in total. The van der Waals surface area contributed by atoms with Gasteiger partial charge in [-0.1, -0.05) is 57.2 Å². The van der Waals surface area contributed by atoms with Crippen LogP contribution in [0.4, 0.5) is 0 Å². The van der Waals surface area contributed by atoms with E-state index >= 15 is 0 Å². The SMILES string of the molecule is CCCOC(=O)C(C)(CC)[S+](CC1CCC2CCCCC2C1)c1ccc(C)cc1. The van der Waals surface area contributed by atoms with E-state index in [1.54, 1.807) is 0 Å². The third-order valence-electron chi connectivity index (χ3n) is 7.44. The molecule has 0 aromatic heterocycles. The molecule has 0 heterocycles. The number of rotatable bonds is 8. The zero-order valence-electron chi connectivity index (χ0n) is 19.0. The van der Waals surface area contributed by atoms with Gasteiger partial charge >= 0.3 is 5.97 Å². The van der Waals surface area contributed by atoms with Gasteiger partial charge in [0, 0.05) is 23.2 Å². The largest absolute Gasteiger partial charge is 0.462 e. The second-order valence-electron chi connectivity index (χ2n) is 9.57. The second kappa shape index (κ2) is 10.4. The standard InChI is InChI=1S/C26H41O2S/c1-5-17-28-25(27)26(4,6-2)29(24-15-11-20(3)12-16-24)19-21-13-14-22-9-7-8-10-23(22)18-21/h11-12,15-16,21-23H,5-10,13-14,17-19H2,1-4H3/q+1. The smallest absolute Gasteiger partial charge is 0.362 e. The molecule has 0 aliphatic heterocycles. The van der Waals surface area contributed by atoms with Crippen molar-refractivity contribution >= 4 is 16.9 Å². The van der Waals surface area contributed by atoms with Gasteiger partial charge in [-0.3, -0.25) is 0 Å². The molecule has 2 saturated carbocycles. The van der Waals surface area contributed by atoms with Gasteiger partial charge in [0.15, 0.2) is 4.90 Å². The number of aryl methyl sites for hydroxylation is 1. The Morgan fingerprint density at radius 2 is 1.76 bits per heavy atom. The molecule has 2 fully saturated rings. The molecule has 0 bridgehead atoms. The molecule has 5 atom stereocenters. The van der Waals surface area contributed by atoms with E-state index in [0.29, 0.717) is 6.61 Å². The van der Waals surface area contributed by atoms with Crippen LogP contribution < -0.4 is 0 Å². The third-order valence-corrected chi connectivity index (χ3v) is 10.6. The van der Waals surface area contributed by atoms with Gasteiger partial charge in [0.2, 0.25) is 4.75 Å². The summed E-state index contributed by atoms with van der Waals surface area (Å²) < 4.78 is 5.29. The van der Waals surface area contributed by atoms with E-state index in [0.717, 1.165) is 36.3 Å². The van der Waals surface area contributed by atoms with Gasteiger partial charge in [-0.15, -0.1) is 0 Å². The number of ether oxygens (including phenoxy) is 1. The van der Waals surface area contributed by atoms with Crippen molar-refractivity contribution in [3.63, 3.8) is 0 Å². The van der Waals surface area contributed by atoms with Crippen LogP contribution in [0, 0.1) is 24.7 Å². The summed E-state index contributed by atoms with van der Waals surface area (Å²) in [6, 6.07) is 8.96. The predicted octanol–water partition coefficient (Wildman–Crippen LogP) is 6.70. The maximum atomic E-state index is 13.2. The Balaban J connectivity index is 1.82. The minimum absolute atomic E-state index is 0.0112. The van der Waals surface area contributed by atoms with Crippen molar-refractivity contribution in [1.82, 2.24) is 0 Å². The first-order chi connectivity index (χ1) is 14.0. The van der Waals surface area contributed by atoms with Gasteiger partial charge in [-0.25, -0.2) is 4.79 Å². The Kier molecular flexibility index (Phi) is 8.13. The minimum atomic E-state index is -0.423. The Morgan fingerprint density at radius 1 is 1.07 bits per heavy atom. The van der Waals surface area contributed by atoms with E-state index in [1.165, 1.54) is 55.4 Å². The number of carbonyl (C=O) groups excluding carboxylic acids is 1. The van der Waals surface area contributed by atoms with Crippen LogP contribution in [0.5, 0.6) is 0 Å². The first-order valence-electron chi connectivity index (χ1n) is 11.9. The molecule has 3 rings (SSSR count). The fourth-order valence-electron chi connectivity index (χ4n) is 5.37. The van der Waals surface area contributed by atoms with Gasteiger partial charge in [-0.2, -0.15) is 0 Å². The van der Waals surface area contributed by atoms with E-state index < -0.39 is 4.75 Å². The highest BCUT2D eigenvalue weighted by molar-refractivity contribution is 7.99. The third kappa shape index (κ3) is 5.40. The van der Waals surface area contributed by atoms with E-state index in [4.69, 9.17) is 4.74 Å². The number of hydrogen-bond acceptors (Lipinski definition) is 2. The van der Waals surface area contributed by atoms with Crippen molar-refractivity contribution in [3.05, 3.63) is 29.8 Å². The number of carbonyl (C=O) groups is 1. The van der Waals surface area contributed by atoms with E-state index in [9.17, 15) is 4.79 Å². The van der Waals surface area contributed by atoms with Gasteiger partial charge in [0.05, 0.1) is 6.61 Å². The van der Waals surface area contributed by atoms with Crippen LogP contribution in [-0.2, 0) is 20.4 Å². The summed E-state index contributed by atoms with van der Waals surface area (Å²) in [5.41, 5.74) is 1.28. The number of esters is 1. The van der Waals surface area contributed by atoms with E-state index in [1.807, 2.05) is 0 Å². The van der Waals surface area contributed by atoms with Crippen LogP contribution in [0.3, 0.4) is 0 Å². The summed E-state index contributed by atoms with van der Waals surface area (Å²) in [6.07, 6.45) is 11.6. The summed E-state index contributed by atoms with van der Waals surface area (Å²) in [6.45, 7) is 9.08. The predicted molar refractivity (Wildman–Crippen MR) is 124 cm³/mol. The molecule has 1 aromatic rings. The normalized spacial score (nSPS) is 27.5. The van der Waals surface area contributed by atoms with Crippen LogP contribution in [-0.4, -0.2) is 23.1 Å². The Hall–Kier alpha value is -0.960. The molecule has 3 heteroatoms. The summed E-state index contributed by atoms with van der Waals surface area (Å²) in [5, 5.41) is 0. The maximum absolute atomic E-state index is 13.2. The molecule has 0 saturated heterocycles. The van der Waals surface area contributed by atoms with Crippen molar-refractivity contribution in [1.29, 1.82) is 0 Å². The molecular formula is C26H41O2S+. The summed E-state index contributed by atoms with van der Waals surface area (Å²) in [7, 11) is -0.117. The van der Waals surface area contributed by atoms with Crippen LogP contribution in [0.1, 0.15) is 84.1 Å². The Bertz CT molecular complexity index is 655. The maximum Gasteiger partial charge on any atom is 0.362 e. The lowest BCUT2D eigenvalue weighted by Gasteiger charge is -2.39. The Morgan fingerprint density at radius 3 is 2.41 bits per heavy atom. The monoisotopic (exact) mass is 417 g/mol. The highest BCUT2D eigenvalue weighted by Crippen LogP contribution is 2.45. The van der Waals surface area contributed by atoms with Crippen molar-refractivity contribution in [2.24, 2.45) is 17.8 Å². The number of fused-ring (bicyclic) bond motifs is 1. The van der Waals surface area contributed by atoms with Crippen molar-refractivity contribution in [3.8, 4) is 0 Å². The summed E-state index contributed by atoms with van der Waals surface area (Å²) in [4.78, 5) is 14.5. The molecule has 2 aliphatic rings. The van der Waals surface area contributed by atoms with Crippen molar-refractivity contribution in [2.45, 2.75) is 95.1 Å². The lowest BCUT2D eigenvalue weighted by molar-refractivity contribution is -0.146. The van der Waals surface area contributed by atoms with Crippen LogP contribution >= 0.6 is 0 Å². The molecule has 162 valence electrons. The zero-order valence-corrected chi connectivity index (χ0v) is 19.9. The molecule has 2 nitrogen and oxygen atoms in total. The van der Waals surface area contributed by atoms with E-state index in [2.05, 4.69) is 52.0 Å². The average Bonchev–Trinajstić information content (AvgIpc) is 2.75. The molecule has 0 spiro atoms. The molecule has 0 radical (unpaired) electrons. The van der Waals surface area contributed by atoms with Crippen molar-refractivity contribution in [2.75, 3.05) is 12.4 Å². The van der Waals surface area contributed by atoms with E-state index in [-0.39, 0.29) is 16.9 Å². The lowest BCUT2D eigenvalue weighted by Crippen LogP contribution is -2.47. The zero-order chi connectivity index (χ0) is 20.9. The minimum Gasteiger partial charge on any atom is -0.462 e. The van der Waals surface area contributed by atoms with Crippen molar-refractivity contribution < 1.29 is 9.53 Å². The van der Waals surface area contributed by atoms with Gasteiger partial charge in [0.25, 0.3) is 0 Å². The molecule has 0 amide bonds. The average molecular weight is 418 g/mol. The number of hydrogen-bond donors (Lipinski definition) is 0. The summed E-state index contributed by atoms with van der Waals surface area (Å²) >= 11 is 0. The first-order valence-corrected chi connectivity index (χ1v) is 13.3. The van der Waals surface area contributed by atoms with Gasteiger partial charge in [0.1, 0.15) is 5.75 Å². The topological polar surface area (TPSA) is 26.3 Å². The molecular weight excluding hydrogens is 376 g/mol. The highest BCUT2D eigenvalue weighted by Gasteiger charge is 2.52. The fraction of sp³-hybridized carbons (Fsp3) is 0.731. The number of benzene rings is 1. The molecule has 5 unspecified atom stereocenters. The molecule has 2 aliphatic carbocycles. The van der Waals surface area contributed by atoms with Crippen LogP contribution in [0.2, 0.25) is 0 Å².